The Labute approximate surface area is 167 Å². The van der Waals surface area contributed by atoms with Crippen molar-refractivity contribution in [2.24, 2.45) is 16.7 Å². The molecule has 7 heteroatoms. The van der Waals surface area contributed by atoms with E-state index in [2.05, 4.69) is 24.8 Å². The van der Waals surface area contributed by atoms with Crippen molar-refractivity contribution in [3.63, 3.8) is 0 Å². The van der Waals surface area contributed by atoms with Crippen LogP contribution in [0, 0.1) is 28.1 Å². The number of Topliss-reactive ketones (excluding diaryl/α,β-unsaturated/α-hetero) is 1. The molecule has 0 aromatic heterocycles. The minimum Gasteiger partial charge on any atom is -0.369 e. The number of piperazine rings is 1. The molecule has 1 aliphatic heterocycles. The summed E-state index contributed by atoms with van der Waals surface area (Å²) in [7, 11) is -3.49. The van der Waals surface area contributed by atoms with Gasteiger partial charge in [0.2, 0.25) is 10.0 Å². The second kappa shape index (κ2) is 6.57. The summed E-state index contributed by atoms with van der Waals surface area (Å²) in [4.78, 5) is 14.8. The van der Waals surface area contributed by atoms with Crippen molar-refractivity contribution in [3.8, 4) is 6.07 Å². The van der Waals surface area contributed by atoms with Crippen LogP contribution in [0.2, 0.25) is 0 Å². The lowest BCUT2D eigenvalue weighted by molar-refractivity contribution is -0.128. The third kappa shape index (κ3) is 2.85. The molecule has 3 aliphatic rings. The molecule has 0 amide bonds. The molecule has 4 rings (SSSR count). The van der Waals surface area contributed by atoms with Crippen LogP contribution in [0.1, 0.15) is 38.7 Å². The number of rotatable bonds is 4. The molecule has 0 N–H and O–H groups in total. The molecule has 0 radical (unpaired) electrons. The largest absolute Gasteiger partial charge is 0.369 e. The van der Waals surface area contributed by atoms with E-state index < -0.39 is 15.4 Å². The summed E-state index contributed by atoms with van der Waals surface area (Å²) in [5.41, 5.74) is 0.672. The van der Waals surface area contributed by atoms with E-state index in [0.29, 0.717) is 50.5 Å². The number of hydrogen-bond donors (Lipinski definition) is 0. The molecule has 2 aliphatic carbocycles. The van der Waals surface area contributed by atoms with E-state index in [4.69, 9.17) is 5.26 Å². The van der Waals surface area contributed by atoms with Gasteiger partial charge in [-0.15, -0.1) is 0 Å². The van der Waals surface area contributed by atoms with Gasteiger partial charge < -0.3 is 4.90 Å². The molecule has 2 atom stereocenters. The second-order valence-electron chi connectivity index (χ2n) is 8.97. The van der Waals surface area contributed by atoms with Gasteiger partial charge in [-0.2, -0.15) is 9.57 Å². The molecule has 1 aromatic carbocycles. The van der Waals surface area contributed by atoms with Crippen molar-refractivity contribution in [3.05, 3.63) is 29.8 Å². The standard InChI is InChI=1S/C21H27N3O3S/c1-20(2)17-7-8-21(20,19(25)13-17)15-28(26,27)24-11-9-23(10-12-24)18-5-3-16(14-22)4-6-18/h3-6,17H,7-13,15H2,1-2H3/t17-,21?/m0/s1. The van der Waals surface area contributed by atoms with Crippen LogP contribution in [0.5, 0.6) is 0 Å². The van der Waals surface area contributed by atoms with E-state index in [1.54, 1.807) is 16.4 Å². The summed E-state index contributed by atoms with van der Waals surface area (Å²) >= 11 is 0. The first kappa shape index (κ1) is 19.4. The lowest BCUT2D eigenvalue weighted by Gasteiger charge is -2.40. The van der Waals surface area contributed by atoms with Crippen LogP contribution in [0.3, 0.4) is 0 Å². The number of sulfonamides is 1. The summed E-state index contributed by atoms with van der Waals surface area (Å²) in [5.74, 6) is 0.427. The van der Waals surface area contributed by atoms with Gasteiger partial charge in [0.25, 0.3) is 0 Å². The van der Waals surface area contributed by atoms with E-state index in [9.17, 15) is 13.2 Å². The van der Waals surface area contributed by atoms with Crippen molar-refractivity contribution in [1.82, 2.24) is 4.31 Å². The Kier molecular flexibility index (Phi) is 4.55. The molecular weight excluding hydrogens is 374 g/mol. The first-order valence-corrected chi connectivity index (χ1v) is 11.6. The van der Waals surface area contributed by atoms with Crippen LogP contribution in [0.4, 0.5) is 5.69 Å². The molecule has 0 spiro atoms. The normalized spacial score (nSPS) is 29.8. The predicted molar refractivity (Wildman–Crippen MR) is 107 cm³/mol. The maximum atomic E-state index is 13.2. The van der Waals surface area contributed by atoms with Gasteiger partial charge in [0.1, 0.15) is 5.78 Å². The lowest BCUT2D eigenvalue weighted by atomic mass is 9.70. The maximum absolute atomic E-state index is 13.2. The Morgan fingerprint density at radius 1 is 1.14 bits per heavy atom. The number of carbonyl (C=O) groups excluding carboxylic acids is 1. The third-order valence-corrected chi connectivity index (χ3v) is 9.57. The molecule has 3 fully saturated rings. The molecule has 1 aromatic rings. The number of anilines is 1. The number of nitriles is 1. The van der Waals surface area contributed by atoms with Crippen molar-refractivity contribution in [2.45, 2.75) is 33.1 Å². The van der Waals surface area contributed by atoms with E-state index >= 15 is 0 Å². The second-order valence-corrected chi connectivity index (χ2v) is 10.9. The number of benzene rings is 1. The van der Waals surface area contributed by atoms with Crippen LogP contribution in [-0.2, 0) is 14.8 Å². The molecule has 1 unspecified atom stereocenters. The molecule has 28 heavy (non-hydrogen) atoms. The third-order valence-electron chi connectivity index (χ3n) is 7.56. The Balaban J connectivity index is 1.45. The Morgan fingerprint density at radius 3 is 2.29 bits per heavy atom. The maximum Gasteiger partial charge on any atom is 0.215 e. The number of ketones is 1. The van der Waals surface area contributed by atoms with Crippen LogP contribution >= 0.6 is 0 Å². The van der Waals surface area contributed by atoms with Gasteiger partial charge in [-0.1, -0.05) is 13.8 Å². The fourth-order valence-corrected chi connectivity index (χ4v) is 7.68. The van der Waals surface area contributed by atoms with E-state index in [1.807, 2.05) is 12.1 Å². The number of carbonyl (C=O) groups is 1. The van der Waals surface area contributed by atoms with E-state index in [1.165, 1.54) is 0 Å². The highest BCUT2D eigenvalue weighted by atomic mass is 32.2. The summed E-state index contributed by atoms with van der Waals surface area (Å²) in [6.45, 7) is 6.23. The van der Waals surface area contributed by atoms with Crippen molar-refractivity contribution in [2.75, 3.05) is 36.8 Å². The van der Waals surface area contributed by atoms with Crippen molar-refractivity contribution < 1.29 is 13.2 Å². The minimum atomic E-state index is -3.49. The average molecular weight is 402 g/mol. The topological polar surface area (TPSA) is 81.5 Å². The summed E-state index contributed by atoms with van der Waals surface area (Å²) in [5, 5.41) is 8.92. The van der Waals surface area contributed by atoms with E-state index in [-0.39, 0.29) is 17.0 Å². The molecule has 2 bridgehead atoms. The Hall–Kier alpha value is -1.91. The lowest BCUT2D eigenvalue weighted by Crippen LogP contribution is -2.52. The zero-order valence-electron chi connectivity index (χ0n) is 16.5. The van der Waals surface area contributed by atoms with Crippen LogP contribution in [0.25, 0.3) is 0 Å². The Bertz CT molecular complexity index is 925. The summed E-state index contributed by atoms with van der Waals surface area (Å²) in [6, 6.07) is 9.47. The molecule has 1 heterocycles. The summed E-state index contributed by atoms with van der Waals surface area (Å²) in [6.07, 6.45) is 2.20. The van der Waals surface area contributed by atoms with Gasteiger partial charge in [0.05, 0.1) is 17.4 Å². The van der Waals surface area contributed by atoms with Gasteiger partial charge in [0.15, 0.2) is 0 Å². The van der Waals surface area contributed by atoms with Gasteiger partial charge in [-0.3, -0.25) is 4.79 Å². The van der Waals surface area contributed by atoms with Crippen molar-refractivity contribution >= 4 is 21.5 Å². The number of nitrogens with zero attached hydrogens (tertiary/aromatic N) is 3. The first-order chi connectivity index (χ1) is 13.2. The predicted octanol–water partition coefficient (Wildman–Crippen LogP) is 2.41. The average Bonchev–Trinajstić information content (AvgIpc) is 3.02. The monoisotopic (exact) mass is 401 g/mol. The zero-order chi connectivity index (χ0) is 20.2. The SMILES string of the molecule is CC1(C)[C@H]2CCC1(CS(=O)(=O)N1CCN(c3ccc(C#N)cc3)CC1)C(=O)C2. The van der Waals surface area contributed by atoms with Crippen LogP contribution < -0.4 is 4.90 Å². The molecular formula is C21H27N3O3S. The van der Waals surface area contributed by atoms with Crippen molar-refractivity contribution in [1.29, 1.82) is 5.26 Å². The van der Waals surface area contributed by atoms with Gasteiger partial charge in [-0.25, -0.2) is 8.42 Å². The van der Waals surface area contributed by atoms with Gasteiger partial charge in [-0.05, 0) is 48.4 Å². The van der Waals surface area contributed by atoms with Gasteiger partial charge in [0, 0.05) is 43.7 Å². The highest BCUT2D eigenvalue weighted by Crippen LogP contribution is 2.64. The first-order valence-electron chi connectivity index (χ1n) is 9.96. The number of hydrogen-bond acceptors (Lipinski definition) is 5. The quantitative estimate of drug-likeness (QED) is 0.774. The molecule has 2 saturated carbocycles. The Morgan fingerprint density at radius 2 is 1.79 bits per heavy atom. The van der Waals surface area contributed by atoms with Crippen LogP contribution in [0.15, 0.2) is 24.3 Å². The molecule has 1 saturated heterocycles. The van der Waals surface area contributed by atoms with E-state index in [0.717, 1.165) is 12.1 Å². The molecule has 6 nitrogen and oxygen atoms in total. The number of fused-ring (bicyclic) bond motifs is 2. The van der Waals surface area contributed by atoms with Gasteiger partial charge >= 0.3 is 0 Å². The highest BCUT2D eigenvalue weighted by molar-refractivity contribution is 7.89. The van der Waals surface area contributed by atoms with Crippen LogP contribution in [-0.4, -0.2) is 50.4 Å². The fraction of sp³-hybridized carbons (Fsp3) is 0.619. The highest BCUT2D eigenvalue weighted by Gasteiger charge is 2.65. The summed E-state index contributed by atoms with van der Waals surface area (Å²) < 4.78 is 28.0. The smallest absolute Gasteiger partial charge is 0.215 e. The zero-order valence-corrected chi connectivity index (χ0v) is 17.3. The fourth-order valence-electron chi connectivity index (χ4n) is 5.48. The minimum absolute atomic E-state index is 0.0425. The molecule has 150 valence electrons.